The zero-order chi connectivity index (χ0) is 15.2. The molecule has 0 radical (unpaired) electrons. The molecule has 0 saturated heterocycles. The van der Waals surface area contributed by atoms with E-state index in [1.54, 1.807) is 0 Å². The number of amides is 1. The maximum Gasteiger partial charge on any atom is 0.260 e. The standard InChI is InChI=1S/C18H27NO2/c1-4-15(5-2)19-18(20)13(3)21-17-12-8-10-14-9-6-7-11-16(14)17/h8,10,12-13,15H,4-7,9,11H2,1-3H3,(H,19,20)/t13-/m1/s1. The molecule has 1 aliphatic rings. The molecule has 116 valence electrons. The van der Waals surface area contributed by atoms with Crippen molar-refractivity contribution in [3.8, 4) is 5.75 Å². The van der Waals surface area contributed by atoms with Crippen LogP contribution >= 0.6 is 0 Å². The van der Waals surface area contributed by atoms with E-state index in [2.05, 4.69) is 25.2 Å². The van der Waals surface area contributed by atoms with Gasteiger partial charge in [0.15, 0.2) is 6.10 Å². The molecule has 1 aliphatic carbocycles. The second-order valence-electron chi connectivity index (χ2n) is 5.88. The van der Waals surface area contributed by atoms with Crippen molar-refractivity contribution in [2.24, 2.45) is 0 Å². The van der Waals surface area contributed by atoms with Crippen molar-refractivity contribution < 1.29 is 9.53 Å². The first-order valence-corrected chi connectivity index (χ1v) is 8.23. The van der Waals surface area contributed by atoms with Gasteiger partial charge in [-0.3, -0.25) is 4.79 Å². The van der Waals surface area contributed by atoms with Gasteiger partial charge in [-0.05, 0) is 62.6 Å². The lowest BCUT2D eigenvalue weighted by molar-refractivity contribution is -0.128. The summed E-state index contributed by atoms with van der Waals surface area (Å²) in [6.07, 6.45) is 6.11. The fourth-order valence-electron chi connectivity index (χ4n) is 2.91. The van der Waals surface area contributed by atoms with E-state index in [1.165, 1.54) is 24.0 Å². The summed E-state index contributed by atoms with van der Waals surface area (Å²) in [6.45, 7) is 6.01. The maximum atomic E-state index is 12.2. The molecule has 1 N–H and O–H groups in total. The first kappa shape index (κ1) is 15.9. The molecule has 3 heteroatoms. The van der Waals surface area contributed by atoms with Gasteiger partial charge in [0.2, 0.25) is 0 Å². The minimum atomic E-state index is -0.445. The summed E-state index contributed by atoms with van der Waals surface area (Å²) in [5.74, 6) is 0.872. The Kier molecular flexibility index (Phi) is 5.66. The fourth-order valence-corrected chi connectivity index (χ4v) is 2.91. The highest BCUT2D eigenvalue weighted by Crippen LogP contribution is 2.30. The third-order valence-electron chi connectivity index (χ3n) is 4.36. The molecule has 3 nitrogen and oxygen atoms in total. The van der Waals surface area contributed by atoms with Crippen LogP contribution in [-0.4, -0.2) is 18.1 Å². The summed E-state index contributed by atoms with van der Waals surface area (Å²) in [6, 6.07) is 6.44. The first-order chi connectivity index (χ1) is 10.2. The van der Waals surface area contributed by atoms with Crippen LogP contribution in [0.2, 0.25) is 0 Å². The number of fused-ring (bicyclic) bond motifs is 1. The third-order valence-corrected chi connectivity index (χ3v) is 4.36. The Bertz CT molecular complexity index is 480. The molecule has 2 rings (SSSR count). The zero-order valence-electron chi connectivity index (χ0n) is 13.4. The maximum absolute atomic E-state index is 12.2. The quantitative estimate of drug-likeness (QED) is 0.868. The summed E-state index contributed by atoms with van der Waals surface area (Å²) in [5.41, 5.74) is 2.68. The van der Waals surface area contributed by atoms with Gasteiger partial charge in [-0.15, -0.1) is 0 Å². The average molecular weight is 289 g/mol. The van der Waals surface area contributed by atoms with E-state index < -0.39 is 6.10 Å². The van der Waals surface area contributed by atoms with Crippen molar-refractivity contribution in [3.05, 3.63) is 29.3 Å². The first-order valence-electron chi connectivity index (χ1n) is 8.23. The highest BCUT2D eigenvalue weighted by atomic mass is 16.5. The van der Waals surface area contributed by atoms with E-state index in [0.717, 1.165) is 31.4 Å². The second kappa shape index (κ2) is 7.48. The Morgan fingerprint density at radius 3 is 2.67 bits per heavy atom. The summed E-state index contributed by atoms with van der Waals surface area (Å²) < 4.78 is 5.95. The molecule has 0 unspecified atom stereocenters. The predicted molar refractivity (Wildman–Crippen MR) is 85.7 cm³/mol. The smallest absolute Gasteiger partial charge is 0.260 e. The van der Waals surface area contributed by atoms with Gasteiger partial charge < -0.3 is 10.1 Å². The van der Waals surface area contributed by atoms with E-state index in [4.69, 9.17) is 4.74 Å². The second-order valence-corrected chi connectivity index (χ2v) is 5.88. The molecule has 1 aromatic carbocycles. The molecule has 0 spiro atoms. The van der Waals surface area contributed by atoms with E-state index >= 15 is 0 Å². The number of benzene rings is 1. The summed E-state index contributed by atoms with van der Waals surface area (Å²) in [4.78, 5) is 12.2. The summed E-state index contributed by atoms with van der Waals surface area (Å²) in [5, 5.41) is 3.05. The molecule has 1 atom stereocenters. The Morgan fingerprint density at radius 1 is 1.24 bits per heavy atom. The lowest BCUT2D eigenvalue weighted by Gasteiger charge is -2.23. The zero-order valence-corrected chi connectivity index (χ0v) is 13.4. The van der Waals surface area contributed by atoms with Crippen molar-refractivity contribution in [3.63, 3.8) is 0 Å². The number of hydrogen-bond acceptors (Lipinski definition) is 2. The van der Waals surface area contributed by atoms with Gasteiger partial charge in [-0.25, -0.2) is 0 Å². The Balaban J connectivity index is 2.02. The summed E-state index contributed by atoms with van der Waals surface area (Å²) >= 11 is 0. The molecule has 0 aromatic heterocycles. The molecule has 0 saturated carbocycles. The van der Waals surface area contributed by atoms with Crippen LogP contribution in [0.5, 0.6) is 5.75 Å². The predicted octanol–water partition coefficient (Wildman–Crippen LogP) is 3.64. The largest absolute Gasteiger partial charge is 0.481 e. The number of aryl methyl sites for hydroxylation is 1. The average Bonchev–Trinajstić information content (AvgIpc) is 2.52. The topological polar surface area (TPSA) is 38.3 Å². The van der Waals surface area contributed by atoms with Crippen LogP contribution in [0, 0.1) is 0 Å². The van der Waals surface area contributed by atoms with Gasteiger partial charge in [0, 0.05) is 6.04 Å². The fraction of sp³-hybridized carbons (Fsp3) is 0.611. The number of ether oxygens (including phenoxy) is 1. The molecule has 21 heavy (non-hydrogen) atoms. The normalized spacial score (nSPS) is 15.4. The van der Waals surface area contributed by atoms with Crippen LogP contribution in [-0.2, 0) is 17.6 Å². The lowest BCUT2D eigenvalue weighted by atomic mass is 9.91. The molecule has 0 heterocycles. The monoisotopic (exact) mass is 289 g/mol. The summed E-state index contributed by atoms with van der Waals surface area (Å²) in [7, 11) is 0. The number of nitrogens with one attached hydrogen (secondary N) is 1. The van der Waals surface area contributed by atoms with Gasteiger partial charge in [0.1, 0.15) is 5.75 Å². The molecule has 0 bridgehead atoms. The van der Waals surface area contributed by atoms with Crippen LogP contribution < -0.4 is 10.1 Å². The van der Waals surface area contributed by atoms with Crippen LogP contribution in [0.15, 0.2) is 18.2 Å². The van der Waals surface area contributed by atoms with Crippen molar-refractivity contribution in [2.45, 2.75) is 71.4 Å². The molecule has 0 fully saturated rings. The highest BCUT2D eigenvalue weighted by molar-refractivity contribution is 5.81. The Hall–Kier alpha value is -1.51. The molecule has 1 aromatic rings. The van der Waals surface area contributed by atoms with Crippen LogP contribution in [0.4, 0.5) is 0 Å². The number of carbonyl (C=O) groups is 1. The lowest BCUT2D eigenvalue weighted by Crippen LogP contribution is -2.42. The molecular formula is C18H27NO2. The van der Waals surface area contributed by atoms with Gasteiger partial charge in [0.25, 0.3) is 5.91 Å². The minimum Gasteiger partial charge on any atom is -0.481 e. The highest BCUT2D eigenvalue weighted by Gasteiger charge is 2.20. The van der Waals surface area contributed by atoms with Gasteiger partial charge >= 0.3 is 0 Å². The van der Waals surface area contributed by atoms with Gasteiger partial charge in [-0.2, -0.15) is 0 Å². The molecule has 0 aliphatic heterocycles. The van der Waals surface area contributed by atoms with Crippen LogP contribution in [0.25, 0.3) is 0 Å². The van der Waals surface area contributed by atoms with Crippen molar-refractivity contribution in [2.75, 3.05) is 0 Å². The van der Waals surface area contributed by atoms with Gasteiger partial charge in [-0.1, -0.05) is 26.0 Å². The molecular weight excluding hydrogens is 262 g/mol. The van der Waals surface area contributed by atoms with E-state index in [0.29, 0.717) is 0 Å². The number of hydrogen-bond donors (Lipinski definition) is 1. The van der Waals surface area contributed by atoms with Crippen LogP contribution in [0.1, 0.15) is 57.6 Å². The third kappa shape index (κ3) is 3.99. The number of carbonyl (C=O) groups excluding carboxylic acids is 1. The molecule has 1 amide bonds. The van der Waals surface area contributed by atoms with E-state index in [1.807, 2.05) is 19.1 Å². The van der Waals surface area contributed by atoms with E-state index in [9.17, 15) is 4.79 Å². The minimum absolute atomic E-state index is 0.0166. The Labute approximate surface area is 128 Å². The number of rotatable bonds is 6. The van der Waals surface area contributed by atoms with Crippen molar-refractivity contribution >= 4 is 5.91 Å². The van der Waals surface area contributed by atoms with E-state index in [-0.39, 0.29) is 11.9 Å². The van der Waals surface area contributed by atoms with Crippen molar-refractivity contribution in [1.82, 2.24) is 5.32 Å². The SMILES string of the molecule is CCC(CC)NC(=O)[C@@H](C)Oc1cccc2c1CCCC2. The van der Waals surface area contributed by atoms with Crippen molar-refractivity contribution in [1.29, 1.82) is 0 Å². The van der Waals surface area contributed by atoms with Crippen LogP contribution in [0.3, 0.4) is 0 Å². The Morgan fingerprint density at radius 2 is 1.95 bits per heavy atom. The van der Waals surface area contributed by atoms with Gasteiger partial charge in [0.05, 0.1) is 0 Å².